The van der Waals surface area contributed by atoms with Crippen molar-refractivity contribution in [3.05, 3.63) is 34.1 Å². The minimum atomic E-state index is -0.652. The molecule has 0 heterocycles. The van der Waals surface area contributed by atoms with Crippen molar-refractivity contribution in [3.8, 4) is 0 Å². The van der Waals surface area contributed by atoms with Crippen LogP contribution in [0.2, 0.25) is 0 Å². The molecule has 16 heavy (non-hydrogen) atoms. The number of carbonyl (C=O) groups excluding carboxylic acids is 1. The molecule has 0 saturated heterocycles. The van der Waals surface area contributed by atoms with Crippen LogP contribution in [0.25, 0.3) is 0 Å². The van der Waals surface area contributed by atoms with Crippen LogP contribution in [0.5, 0.6) is 0 Å². The SMILES string of the molecule is CN(CC(N)=O)c1cc(F)ccc1[N+](=O)[O-]. The van der Waals surface area contributed by atoms with Gasteiger partial charge in [-0.2, -0.15) is 0 Å². The van der Waals surface area contributed by atoms with Crippen molar-refractivity contribution in [3.63, 3.8) is 0 Å². The van der Waals surface area contributed by atoms with Gasteiger partial charge in [-0.05, 0) is 6.07 Å². The molecule has 1 aromatic carbocycles. The van der Waals surface area contributed by atoms with Gasteiger partial charge in [0, 0.05) is 19.2 Å². The molecule has 0 aliphatic heterocycles. The number of rotatable bonds is 4. The number of hydrogen-bond acceptors (Lipinski definition) is 4. The highest BCUT2D eigenvalue weighted by atomic mass is 19.1. The largest absolute Gasteiger partial charge is 0.368 e. The standard InChI is InChI=1S/C9H10FN3O3/c1-12(5-9(11)14)8-4-6(10)2-3-7(8)13(15)16/h2-4H,5H2,1H3,(H2,11,14). The molecule has 1 aromatic rings. The Morgan fingerprint density at radius 3 is 2.75 bits per heavy atom. The summed E-state index contributed by atoms with van der Waals surface area (Å²) in [6.45, 7) is -0.218. The Balaban J connectivity index is 3.13. The van der Waals surface area contributed by atoms with E-state index in [0.29, 0.717) is 0 Å². The zero-order valence-corrected chi connectivity index (χ0v) is 8.51. The Kier molecular flexibility index (Phi) is 3.39. The van der Waals surface area contributed by atoms with Gasteiger partial charge in [-0.1, -0.05) is 0 Å². The minimum Gasteiger partial charge on any atom is -0.368 e. The molecule has 86 valence electrons. The van der Waals surface area contributed by atoms with Gasteiger partial charge in [-0.15, -0.1) is 0 Å². The summed E-state index contributed by atoms with van der Waals surface area (Å²) in [6, 6.07) is 3.02. The van der Waals surface area contributed by atoms with E-state index in [9.17, 15) is 19.3 Å². The maximum Gasteiger partial charge on any atom is 0.292 e. The van der Waals surface area contributed by atoms with E-state index < -0.39 is 16.6 Å². The summed E-state index contributed by atoms with van der Waals surface area (Å²) in [5, 5.41) is 10.7. The highest BCUT2D eigenvalue weighted by Crippen LogP contribution is 2.27. The summed E-state index contributed by atoms with van der Waals surface area (Å²) in [5.41, 5.74) is 4.70. The van der Waals surface area contributed by atoms with Gasteiger partial charge in [0.1, 0.15) is 11.5 Å². The molecule has 1 rings (SSSR count). The number of anilines is 1. The third kappa shape index (κ3) is 2.66. The molecular weight excluding hydrogens is 217 g/mol. The van der Waals surface area contributed by atoms with Crippen LogP contribution in [0.1, 0.15) is 0 Å². The van der Waals surface area contributed by atoms with Crippen molar-refractivity contribution in [1.29, 1.82) is 0 Å². The van der Waals surface area contributed by atoms with Gasteiger partial charge >= 0.3 is 0 Å². The third-order valence-electron chi connectivity index (χ3n) is 1.94. The highest BCUT2D eigenvalue weighted by Gasteiger charge is 2.18. The lowest BCUT2D eigenvalue weighted by molar-refractivity contribution is -0.384. The number of amides is 1. The van der Waals surface area contributed by atoms with Gasteiger partial charge in [0.25, 0.3) is 5.69 Å². The molecule has 2 N–H and O–H groups in total. The Labute approximate surface area is 90.6 Å². The van der Waals surface area contributed by atoms with Crippen LogP contribution in [0, 0.1) is 15.9 Å². The monoisotopic (exact) mass is 227 g/mol. The van der Waals surface area contributed by atoms with E-state index >= 15 is 0 Å². The zero-order chi connectivity index (χ0) is 12.3. The van der Waals surface area contributed by atoms with Gasteiger partial charge < -0.3 is 10.6 Å². The van der Waals surface area contributed by atoms with Gasteiger partial charge in [-0.3, -0.25) is 14.9 Å². The molecule has 0 bridgehead atoms. The lowest BCUT2D eigenvalue weighted by Gasteiger charge is -2.16. The Morgan fingerprint density at radius 1 is 1.62 bits per heavy atom. The molecule has 1 amide bonds. The molecule has 0 aliphatic carbocycles. The molecule has 6 nitrogen and oxygen atoms in total. The van der Waals surface area contributed by atoms with Crippen molar-refractivity contribution in [1.82, 2.24) is 0 Å². The summed E-state index contributed by atoms with van der Waals surface area (Å²) in [6.07, 6.45) is 0. The Morgan fingerprint density at radius 2 is 2.25 bits per heavy atom. The Bertz CT molecular complexity index is 436. The molecule has 0 fully saturated rings. The van der Waals surface area contributed by atoms with E-state index in [4.69, 9.17) is 5.73 Å². The molecule has 0 saturated carbocycles. The fraction of sp³-hybridized carbons (Fsp3) is 0.222. The van der Waals surface area contributed by atoms with Gasteiger partial charge in [0.05, 0.1) is 11.5 Å². The number of likely N-dealkylation sites (N-methyl/N-ethyl adjacent to an activating group) is 1. The zero-order valence-electron chi connectivity index (χ0n) is 8.51. The lowest BCUT2D eigenvalue weighted by Crippen LogP contribution is -2.30. The van der Waals surface area contributed by atoms with E-state index in [0.717, 1.165) is 18.2 Å². The third-order valence-corrected chi connectivity index (χ3v) is 1.94. The molecule has 0 unspecified atom stereocenters. The predicted molar refractivity (Wildman–Crippen MR) is 55.5 cm³/mol. The fourth-order valence-electron chi connectivity index (χ4n) is 1.28. The van der Waals surface area contributed by atoms with Crippen LogP contribution < -0.4 is 10.6 Å². The second-order valence-corrected chi connectivity index (χ2v) is 3.21. The van der Waals surface area contributed by atoms with E-state index in [2.05, 4.69) is 0 Å². The van der Waals surface area contributed by atoms with Crippen molar-refractivity contribution < 1.29 is 14.1 Å². The van der Waals surface area contributed by atoms with E-state index in [1.807, 2.05) is 0 Å². The summed E-state index contributed by atoms with van der Waals surface area (Å²) >= 11 is 0. The molecule has 0 radical (unpaired) electrons. The van der Waals surface area contributed by atoms with Crippen molar-refractivity contribution in [2.75, 3.05) is 18.5 Å². The molecule has 0 aliphatic rings. The molecule has 0 aromatic heterocycles. The second kappa shape index (κ2) is 4.56. The van der Waals surface area contributed by atoms with Crippen LogP contribution in [0.4, 0.5) is 15.8 Å². The predicted octanol–water partition coefficient (Wildman–Crippen LogP) is 0.655. The van der Waals surface area contributed by atoms with Crippen molar-refractivity contribution in [2.45, 2.75) is 0 Å². The van der Waals surface area contributed by atoms with Gasteiger partial charge in [-0.25, -0.2) is 4.39 Å². The van der Waals surface area contributed by atoms with Crippen LogP contribution in [0.3, 0.4) is 0 Å². The first-order valence-electron chi connectivity index (χ1n) is 4.35. The van der Waals surface area contributed by atoms with E-state index in [1.54, 1.807) is 0 Å². The molecule has 7 heteroatoms. The minimum absolute atomic E-state index is 0.0174. The average Bonchev–Trinajstić information content (AvgIpc) is 2.15. The van der Waals surface area contributed by atoms with Crippen molar-refractivity contribution in [2.24, 2.45) is 5.73 Å². The number of nitrogens with two attached hydrogens (primary N) is 1. The first-order valence-corrected chi connectivity index (χ1v) is 4.35. The maximum atomic E-state index is 12.9. The fourth-order valence-corrected chi connectivity index (χ4v) is 1.28. The van der Waals surface area contributed by atoms with E-state index in [-0.39, 0.29) is 17.9 Å². The summed E-state index contributed by atoms with van der Waals surface area (Å²) in [7, 11) is 1.42. The summed E-state index contributed by atoms with van der Waals surface area (Å²) in [4.78, 5) is 21.9. The number of halogens is 1. The topological polar surface area (TPSA) is 89.5 Å². The number of nitro groups is 1. The maximum absolute atomic E-state index is 12.9. The summed E-state index contributed by atoms with van der Waals surface area (Å²) in [5.74, 6) is -1.27. The number of nitro benzene ring substituents is 1. The van der Waals surface area contributed by atoms with Gasteiger partial charge in [0.2, 0.25) is 5.91 Å². The van der Waals surface area contributed by atoms with Gasteiger partial charge in [0.15, 0.2) is 0 Å². The molecule has 0 atom stereocenters. The van der Waals surface area contributed by atoms with Crippen LogP contribution in [0.15, 0.2) is 18.2 Å². The smallest absolute Gasteiger partial charge is 0.292 e. The summed E-state index contributed by atoms with van der Waals surface area (Å²) < 4.78 is 12.9. The number of hydrogen-bond donors (Lipinski definition) is 1. The Hall–Kier alpha value is -2.18. The highest BCUT2D eigenvalue weighted by molar-refractivity contribution is 5.80. The average molecular weight is 227 g/mol. The molecule has 0 spiro atoms. The second-order valence-electron chi connectivity index (χ2n) is 3.21. The van der Waals surface area contributed by atoms with Crippen LogP contribution in [-0.4, -0.2) is 24.4 Å². The normalized spacial score (nSPS) is 9.88. The van der Waals surface area contributed by atoms with Crippen molar-refractivity contribution >= 4 is 17.3 Å². The number of primary amides is 1. The first-order chi connectivity index (χ1) is 7.41. The van der Waals surface area contributed by atoms with E-state index in [1.165, 1.54) is 11.9 Å². The molecular formula is C9H10FN3O3. The quantitative estimate of drug-likeness (QED) is 0.604. The first kappa shape index (κ1) is 11.9. The number of carbonyl (C=O) groups is 1. The number of nitrogens with zero attached hydrogens (tertiary/aromatic N) is 2. The van der Waals surface area contributed by atoms with Crippen LogP contribution in [-0.2, 0) is 4.79 Å². The lowest BCUT2D eigenvalue weighted by atomic mass is 10.2. The number of benzene rings is 1. The van der Waals surface area contributed by atoms with Crippen LogP contribution >= 0.6 is 0 Å².